The first kappa shape index (κ1) is 18.9. The van der Waals surface area contributed by atoms with Crippen LogP contribution in [0.2, 0.25) is 0 Å². The predicted octanol–water partition coefficient (Wildman–Crippen LogP) is 3.51. The van der Waals surface area contributed by atoms with Crippen LogP contribution in [0.5, 0.6) is 0 Å². The number of rotatable bonds is 4. The van der Waals surface area contributed by atoms with E-state index in [0.29, 0.717) is 24.0 Å². The first-order valence-corrected chi connectivity index (χ1v) is 11.0. The Balaban J connectivity index is 1.72. The highest BCUT2D eigenvalue weighted by atomic mass is 32.2. The van der Waals surface area contributed by atoms with Crippen LogP contribution in [-0.2, 0) is 14.8 Å². The van der Waals surface area contributed by atoms with E-state index >= 15 is 0 Å². The van der Waals surface area contributed by atoms with E-state index < -0.39 is 10.0 Å². The predicted molar refractivity (Wildman–Crippen MR) is 106 cm³/mol. The van der Waals surface area contributed by atoms with Crippen LogP contribution in [0.1, 0.15) is 24.2 Å². The summed E-state index contributed by atoms with van der Waals surface area (Å²) in [5, 5.41) is 2.96. The first-order valence-electron chi connectivity index (χ1n) is 8.51. The summed E-state index contributed by atoms with van der Waals surface area (Å²) in [5.41, 5.74) is 1.84. The Morgan fingerprint density at radius 2 is 1.77 bits per heavy atom. The molecule has 7 heteroatoms. The number of thioether (sulfide) groups is 1. The van der Waals surface area contributed by atoms with Gasteiger partial charge in [0.25, 0.3) is 0 Å². The van der Waals surface area contributed by atoms with E-state index in [1.807, 2.05) is 30.0 Å². The smallest absolute Gasteiger partial charge is 0.243 e. The van der Waals surface area contributed by atoms with Crippen molar-refractivity contribution in [1.82, 2.24) is 4.31 Å². The van der Waals surface area contributed by atoms with Crippen molar-refractivity contribution in [2.75, 3.05) is 24.2 Å². The molecule has 1 N–H and O–H groups in total. The van der Waals surface area contributed by atoms with Crippen molar-refractivity contribution in [2.45, 2.75) is 23.5 Å². The minimum atomic E-state index is -3.53. The molecule has 0 radical (unpaired) electrons. The van der Waals surface area contributed by atoms with Gasteiger partial charge in [-0.3, -0.25) is 4.79 Å². The van der Waals surface area contributed by atoms with Gasteiger partial charge in [0.1, 0.15) is 0 Å². The minimum Gasteiger partial charge on any atom is -0.326 e. The Morgan fingerprint density at radius 1 is 1.08 bits per heavy atom. The van der Waals surface area contributed by atoms with E-state index in [4.69, 9.17) is 0 Å². The van der Waals surface area contributed by atoms with Crippen LogP contribution in [0.4, 0.5) is 5.69 Å². The average Bonchev–Trinajstić information content (AvgIpc) is 2.89. The minimum absolute atomic E-state index is 0.183. The molecule has 0 bridgehead atoms. The fourth-order valence-corrected chi connectivity index (χ4v) is 5.79. The summed E-state index contributed by atoms with van der Waals surface area (Å²) in [6, 6.07) is 16.6. The van der Waals surface area contributed by atoms with E-state index in [1.54, 1.807) is 28.6 Å². The third-order valence-electron chi connectivity index (χ3n) is 4.28. The molecule has 5 nitrogen and oxygen atoms in total. The Labute approximate surface area is 158 Å². The lowest BCUT2D eigenvalue weighted by Crippen LogP contribution is -2.33. The summed E-state index contributed by atoms with van der Waals surface area (Å²) >= 11 is 1.81. The van der Waals surface area contributed by atoms with Crippen molar-refractivity contribution >= 4 is 33.4 Å². The van der Waals surface area contributed by atoms with Crippen LogP contribution >= 0.6 is 11.8 Å². The van der Waals surface area contributed by atoms with Gasteiger partial charge < -0.3 is 5.32 Å². The molecular weight excluding hydrogens is 368 g/mol. The van der Waals surface area contributed by atoms with Crippen LogP contribution in [0.15, 0.2) is 59.5 Å². The van der Waals surface area contributed by atoms with E-state index in [9.17, 15) is 13.2 Å². The molecule has 1 aliphatic rings. The average molecular weight is 391 g/mol. The van der Waals surface area contributed by atoms with Gasteiger partial charge in [0.15, 0.2) is 0 Å². The zero-order chi connectivity index (χ0) is 18.6. The van der Waals surface area contributed by atoms with Crippen LogP contribution in [0.25, 0.3) is 0 Å². The summed E-state index contributed by atoms with van der Waals surface area (Å²) in [6.07, 6.45) is 0.790. The van der Waals surface area contributed by atoms with Crippen molar-refractivity contribution < 1.29 is 13.2 Å². The largest absolute Gasteiger partial charge is 0.326 e. The topological polar surface area (TPSA) is 66.5 Å². The molecular formula is C19H22N2O3S2. The number of nitrogens with one attached hydrogen (secondary N) is 1. The molecule has 26 heavy (non-hydrogen) atoms. The fourth-order valence-electron chi connectivity index (χ4n) is 2.99. The second-order valence-corrected chi connectivity index (χ2v) is 9.42. The number of sulfonamides is 1. The first-order chi connectivity index (χ1) is 12.5. The monoisotopic (exact) mass is 390 g/mol. The number of hydrogen-bond donors (Lipinski definition) is 1. The van der Waals surface area contributed by atoms with Crippen LogP contribution in [0, 0.1) is 0 Å². The number of carbonyl (C=O) groups excluding carboxylic acids is 1. The number of anilines is 1. The molecule has 1 saturated heterocycles. The number of hydrogen-bond acceptors (Lipinski definition) is 4. The molecule has 0 spiro atoms. The lowest BCUT2D eigenvalue weighted by atomic mass is 10.1. The van der Waals surface area contributed by atoms with Gasteiger partial charge in [-0.1, -0.05) is 30.3 Å². The molecule has 0 unspecified atom stereocenters. The lowest BCUT2D eigenvalue weighted by Gasteiger charge is -2.20. The lowest BCUT2D eigenvalue weighted by molar-refractivity contribution is -0.114. The Hall–Kier alpha value is -1.83. The molecule has 1 fully saturated rings. The highest BCUT2D eigenvalue weighted by Gasteiger charge is 2.28. The second-order valence-electron chi connectivity index (χ2n) is 6.17. The van der Waals surface area contributed by atoms with Crippen molar-refractivity contribution in [1.29, 1.82) is 0 Å². The van der Waals surface area contributed by atoms with Gasteiger partial charge in [0.05, 0.1) is 4.90 Å². The quantitative estimate of drug-likeness (QED) is 0.867. The van der Waals surface area contributed by atoms with E-state index in [0.717, 1.165) is 12.2 Å². The Bertz CT molecular complexity index is 852. The van der Waals surface area contributed by atoms with Crippen LogP contribution in [0.3, 0.4) is 0 Å². The second kappa shape index (κ2) is 8.24. The highest BCUT2D eigenvalue weighted by molar-refractivity contribution is 7.99. The molecule has 0 saturated carbocycles. The van der Waals surface area contributed by atoms with Gasteiger partial charge in [-0.2, -0.15) is 16.1 Å². The molecule has 1 amide bonds. The standard InChI is InChI=1S/C19H22N2O3S2/c1-15(22)20-17-7-9-18(10-8-17)26(23,24)21-12-11-19(25-14-13-21)16-5-3-2-4-6-16/h2-10,19H,11-14H2,1H3,(H,20,22)/t19-/m0/s1. The summed E-state index contributed by atoms with van der Waals surface area (Å²) in [5.74, 6) is 0.583. The Kier molecular flexibility index (Phi) is 6.01. The zero-order valence-electron chi connectivity index (χ0n) is 14.6. The third kappa shape index (κ3) is 4.47. The molecule has 1 atom stereocenters. The van der Waals surface area contributed by atoms with Crippen molar-refractivity contribution in [3.63, 3.8) is 0 Å². The van der Waals surface area contributed by atoms with Crippen LogP contribution < -0.4 is 5.32 Å². The van der Waals surface area contributed by atoms with Crippen molar-refractivity contribution in [2.24, 2.45) is 0 Å². The maximum Gasteiger partial charge on any atom is 0.243 e. The molecule has 1 aliphatic heterocycles. The SMILES string of the molecule is CC(=O)Nc1ccc(S(=O)(=O)N2CCS[C@H](c3ccccc3)CC2)cc1. The molecule has 0 aromatic heterocycles. The van der Waals surface area contributed by atoms with Crippen molar-refractivity contribution in [3.05, 3.63) is 60.2 Å². The van der Waals surface area contributed by atoms with Crippen molar-refractivity contribution in [3.8, 4) is 0 Å². The van der Waals surface area contributed by atoms with Gasteiger partial charge in [0, 0.05) is 36.7 Å². The molecule has 1 heterocycles. The number of benzene rings is 2. The van der Waals surface area contributed by atoms with Gasteiger partial charge >= 0.3 is 0 Å². The fraction of sp³-hybridized carbons (Fsp3) is 0.316. The zero-order valence-corrected chi connectivity index (χ0v) is 16.2. The summed E-state index contributed by atoms with van der Waals surface area (Å²) in [7, 11) is -3.53. The number of carbonyl (C=O) groups is 1. The molecule has 0 aliphatic carbocycles. The van der Waals surface area contributed by atoms with Crippen LogP contribution in [-0.4, -0.2) is 37.5 Å². The summed E-state index contributed by atoms with van der Waals surface area (Å²) in [6.45, 7) is 2.43. The van der Waals surface area contributed by atoms with Gasteiger partial charge in [-0.25, -0.2) is 8.42 Å². The maximum atomic E-state index is 12.9. The number of amides is 1. The van der Waals surface area contributed by atoms with Gasteiger partial charge in [-0.15, -0.1) is 0 Å². The molecule has 2 aromatic carbocycles. The summed E-state index contributed by atoms with van der Waals surface area (Å²) < 4.78 is 27.5. The highest BCUT2D eigenvalue weighted by Crippen LogP contribution is 2.35. The van der Waals surface area contributed by atoms with E-state index in [1.165, 1.54) is 12.5 Å². The summed E-state index contributed by atoms with van der Waals surface area (Å²) in [4.78, 5) is 11.3. The normalized spacial score (nSPS) is 18.9. The molecule has 2 aromatic rings. The molecule has 3 rings (SSSR count). The van der Waals surface area contributed by atoms with E-state index in [-0.39, 0.29) is 10.8 Å². The third-order valence-corrected chi connectivity index (χ3v) is 7.53. The van der Waals surface area contributed by atoms with Gasteiger partial charge in [-0.05, 0) is 36.2 Å². The Morgan fingerprint density at radius 3 is 2.42 bits per heavy atom. The molecule has 138 valence electrons. The number of nitrogens with zero attached hydrogens (tertiary/aromatic N) is 1. The maximum absolute atomic E-state index is 12.9. The van der Waals surface area contributed by atoms with E-state index in [2.05, 4.69) is 17.4 Å². The van der Waals surface area contributed by atoms with Gasteiger partial charge in [0.2, 0.25) is 15.9 Å².